The van der Waals surface area contributed by atoms with E-state index in [9.17, 15) is 15.3 Å². The topological polar surface area (TPSA) is 82.4 Å². The predicted octanol–water partition coefficient (Wildman–Crippen LogP) is 9.87. The van der Waals surface area contributed by atoms with Crippen LogP contribution < -0.4 is 0 Å². The summed E-state index contributed by atoms with van der Waals surface area (Å²) in [6.45, 7) is 5.15. The first-order chi connectivity index (χ1) is 20.9. The Morgan fingerprint density at radius 2 is 0.744 bits per heavy atom. The van der Waals surface area contributed by atoms with E-state index >= 15 is 0 Å². The van der Waals surface area contributed by atoms with Crippen molar-refractivity contribution >= 4 is 0 Å². The van der Waals surface area contributed by atoms with Gasteiger partial charge in [-0.05, 0) is 26.9 Å². The van der Waals surface area contributed by atoms with Crippen molar-refractivity contribution in [3.8, 4) is 0 Å². The predicted molar refractivity (Wildman–Crippen MR) is 183 cm³/mol. The van der Waals surface area contributed by atoms with Crippen molar-refractivity contribution in [2.75, 3.05) is 27.3 Å². The molecule has 0 rings (SSSR count). The zero-order chi connectivity index (χ0) is 31.9. The van der Waals surface area contributed by atoms with Gasteiger partial charge in [0.1, 0.15) is 0 Å². The maximum atomic E-state index is 11.0. The second kappa shape index (κ2) is 31.7. The van der Waals surface area contributed by atoms with Gasteiger partial charge in [0.15, 0.2) is 6.23 Å². The van der Waals surface area contributed by atoms with E-state index in [1.807, 2.05) is 0 Å². The Morgan fingerprint density at radius 1 is 0.465 bits per heavy atom. The molecule has 0 saturated carbocycles. The third-order valence-corrected chi connectivity index (χ3v) is 8.82. The van der Waals surface area contributed by atoms with Gasteiger partial charge in [0.2, 0.25) is 6.29 Å². The van der Waals surface area contributed by atoms with Crippen molar-refractivity contribution < 1.29 is 24.8 Å². The third kappa shape index (κ3) is 25.6. The number of hydrogen-bond acceptors (Lipinski definition) is 6. The highest BCUT2D eigenvalue weighted by atomic mass is 16.7. The van der Waals surface area contributed by atoms with E-state index in [0.29, 0.717) is 6.61 Å². The summed E-state index contributed by atoms with van der Waals surface area (Å²) >= 11 is 0. The number of unbranched alkanes of at least 4 members (excludes halogenated alkanes) is 26. The summed E-state index contributed by atoms with van der Waals surface area (Å²) < 4.78 is 11.2. The van der Waals surface area contributed by atoms with Crippen molar-refractivity contribution in [2.24, 2.45) is 0 Å². The average molecular weight is 616 g/mol. The maximum Gasteiger partial charge on any atom is 0.259 e. The number of nitrogens with zero attached hydrogens (tertiary/aromatic N) is 1. The molecule has 3 unspecified atom stereocenters. The van der Waals surface area contributed by atoms with Crippen LogP contribution in [0.3, 0.4) is 0 Å². The Bertz CT molecular complexity index is 549. The summed E-state index contributed by atoms with van der Waals surface area (Å²) in [5, 5.41) is 32.2. The SMILES string of the molecule is CCCCCCCCCCCCCCCCOC(O)C(O)(OCCCCCCCCCCCCCCCC)C(O)N(C)C. The molecule has 6 heteroatoms. The largest absolute Gasteiger partial charge is 0.373 e. The van der Waals surface area contributed by atoms with Crippen molar-refractivity contribution in [1.29, 1.82) is 0 Å². The lowest BCUT2D eigenvalue weighted by Crippen LogP contribution is -2.60. The van der Waals surface area contributed by atoms with E-state index in [0.717, 1.165) is 38.5 Å². The number of likely N-dealkylation sites (N-methyl/N-ethyl adjacent to an activating group) is 1. The lowest BCUT2D eigenvalue weighted by molar-refractivity contribution is -0.372. The fourth-order valence-electron chi connectivity index (χ4n) is 5.79. The summed E-state index contributed by atoms with van der Waals surface area (Å²) in [5.41, 5.74) is 0. The number of rotatable bonds is 35. The van der Waals surface area contributed by atoms with Gasteiger partial charge in [0.25, 0.3) is 5.79 Å². The first-order valence-electron chi connectivity index (χ1n) is 18.9. The summed E-state index contributed by atoms with van der Waals surface area (Å²) in [5.74, 6) is -2.17. The van der Waals surface area contributed by atoms with Crippen LogP contribution in [-0.4, -0.2) is 65.8 Å². The molecule has 0 amide bonds. The zero-order valence-corrected chi connectivity index (χ0v) is 29.5. The lowest BCUT2D eigenvalue weighted by Gasteiger charge is -2.38. The quantitative estimate of drug-likeness (QED) is 0.0486. The first-order valence-corrected chi connectivity index (χ1v) is 18.9. The van der Waals surface area contributed by atoms with Gasteiger partial charge in [0.05, 0.1) is 6.61 Å². The van der Waals surface area contributed by atoms with E-state index in [1.54, 1.807) is 14.1 Å². The molecule has 3 N–H and O–H groups in total. The summed E-state index contributed by atoms with van der Waals surface area (Å²) in [7, 11) is 3.29. The van der Waals surface area contributed by atoms with Gasteiger partial charge in [0, 0.05) is 6.61 Å². The Labute approximate surface area is 268 Å². The second-order valence-electron chi connectivity index (χ2n) is 13.4. The average Bonchev–Trinajstić information content (AvgIpc) is 3.00. The molecule has 0 aromatic heterocycles. The van der Waals surface area contributed by atoms with Crippen LogP contribution in [0.15, 0.2) is 0 Å². The molecule has 0 aromatic rings. The maximum absolute atomic E-state index is 11.0. The smallest absolute Gasteiger partial charge is 0.259 e. The van der Waals surface area contributed by atoms with Crippen LogP contribution in [0.4, 0.5) is 0 Å². The normalized spacial score (nSPS) is 14.8. The summed E-state index contributed by atoms with van der Waals surface area (Å²) in [4.78, 5) is 1.43. The van der Waals surface area contributed by atoms with Gasteiger partial charge in [-0.1, -0.05) is 181 Å². The van der Waals surface area contributed by atoms with Crippen LogP contribution in [0.5, 0.6) is 0 Å². The van der Waals surface area contributed by atoms with Crippen LogP contribution in [0.1, 0.15) is 194 Å². The molecule has 0 bridgehead atoms. The minimum absolute atomic E-state index is 0.276. The van der Waals surface area contributed by atoms with Crippen LogP contribution in [0, 0.1) is 0 Å². The minimum Gasteiger partial charge on any atom is -0.373 e. The molecule has 43 heavy (non-hydrogen) atoms. The van der Waals surface area contributed by atoms with E-state index in [2.05, 4.69) is 13.8 Å². The number of hydrogen-bond donors (Lipinski definition) is 3. The van der Waals surface area contributed by atoms with E-state index in [1.165, 1.54) is 146 Å². The standard InChI is InChI=1S/C37H77NO5/c1-5-7-9-11-13-15-17-19-21-23-25-27-29-31-33-42-36(40)37(41,35(39)38(3)4)43-34-32-30-28-26-24-22-20-18-16-14-12-10-8-6-2/h35-36,39-41H,5-34H2,1-4H3. The van der Waals surface area contributed by atoms with Crippen molar-refractivity contribution in [1.82, 2.24) is 4.90 Å². The number of aliphatic hydroxyl groups is 3. The van der Waals surface area contributed by atoms with E-state index < -0.39 is 18.3 Å². The molecule has 0 saturated heterocycles. The van der Waals surface area contributed by atoms with Crippen molar-refractivity contribution in [3.05, 3.63) is 0 Å². The second-order valence-corrected chi connectivity index (χ2v) is 13.4. The first kappa shape index (κ1) is 42.8. The fourth-order valence-corrected chi connectivity index (χ4v) is 5.79. The molecular formula is C37H77NO5. The molecule has 0 fully saturated rings. The molecule has 0 heterocycles. The fraction of sp³-hybridized carbons (Fsp3) is 1.00. The molecule has 0 aliphatic rings. The minimum atomic E-state index is -2.17. The number of aliphatic hydroxyl groups excluding tert-OH is 2. The third-order valence-electron chi connectivity index (χ3n) is 8.82. The lowest BCUT2D eigenvalue weighted by atomic mass is 10.0. The molecule has 3 atom stereocenters. The monoisotopic (exact) mass is 616 g/mol. The Kier molecular flexibility index (Phi) is 31.6. The molecule has 260 valence electrons. The van der Waals surface area contributed by atoms with Crippen LogP contribution in [-0.2, 0) is 9.47 Å². The van der Waals surface area contributed by atoms with Crippen molar-refractivity contribution in [2.45, 2.75) is 212 Å². The zero-order valence-electron chi connectivity index (χ0n) is 29.5. The van der Waals surface area contributed by atoms with Gasteiger partial charge in [-0.15, -0.1) is 0 Å². The highest BCUT2D eigenvalue weighted by Gasteiger charge is 2.46. The molecule has 0 spiro atoms. The highest BCUT2D eigenvalue weighted by Crippen LogP contribution is 2.23. The van der Waals surface area contributed by atoms with E-state index in [-0.39, 0.29) is 6.61 Å². The molecule has 6 nitrogen and oxygen atoms in total. The van der Waals surface area contributed by atoms with Crippen LogP contribution >= 0.6 is 0 Å². The van der Waals surface area contributed by atoms with Gasteiger partial charge in [-0.3, -0.25) is 4.90 Å². The van der Waals surface area contributed by atoms with Gasteiger partial charge < -0.3 is 24.8 Å². The van der Waals surface area contributed by atoms with Crippen LogP contribution in [0.2, 0.25) is 0 Å². The van der Waals surface area contributed by atoms with Crippen molar-refractivity contribution in [3.63, 3.8) is 0 Å². The van der Waals surface area contributed by atoms with E-state index in [4.69, 9.17) is 9.47 Å². The molecule has 0 aromatic carbocycles. The van der Waals surface area contributed by atoms with Gasteiger partial charge >= 0.3 is 0 Å². The van der Waals surface area contributed by atoms with Gasteiger partial charge in [-0.25, -0.2) is 0 Å². The summed E-state index contributed by atoms with van der Waals surface area (Å²) in [6, 6.07) is 0. The Morgan fingerprint density at radius 3 is 1.05 bits per heavy atom. The van der Waals surface area contributed by atoms with Gasteiger partial charge in [-0.2, -0.15) is 0 Å². The molecule has 0 radical (unpaired) electrons. The van der Waals surface area contributed by atoms with Crippen LogP contribution in [0.25, 0.3) is 0 Å². The molecule has 0 aliphatic heterocycles. The summed E-state index contributed by atoms with van der Waals surface area (Å²) in [6.07, 6.45) is 32.7. The number of ether oxygens (including phenoxy) is 2. The Hall–Kier alpha value is -0.240. The molecular weight excluding hydrogens is 538 g/mol. The Balaban J connectivity index is 3.89. The highest BCUT2D eigenvalue weighted by molar-refractivity contribution is 4.79. The molecule has 0 aliphatic carbocycles.